The van der Waals surface area contributed by atoms with Gasteiger partial charge in [-0.3, -0.25) is 20.2 Å². The zero-order valence-corrected chi connectivity index (χ0v) is 10.8. The number of hydrogen-bond acceptors (Lipinski definition) is 8. The lowest BCUT2D eigenvalue weighted by Crippen LogP contribution is -1.92. The zero-order chi connectivity index (χ0) is 16.3. The first kappa shape index (κ1) is 14.8. The molecule has 0 amide bonds. The molecule has 10 nitrogen and oxygen atoms in total. The number of aromatic hydroxyl groups is 2. The summed E-state index contributed by atoms with van der Waals surface area (Å²) in [6.07, 6.45) is 0. The molecule has 0 saturated carbocycles. The van der Waals surface area contributed by atoms with Crippen LogP contribution in [0.5, 0.6) is 11.5 Å². The van der Waals surface area contributed by atoms with Gasteiger partial charge in [0.2, 0.25) is 0 Å². The highest BCUT2D eigenvalue weighted by atomic mass is 16.6. The Hall–Kier alpha value is -3.56. The molecule has 2 aromatic carbocycles. The quantitative estimate of drug-likeness (QED) is 0.382. The van der Waals surface area contributed by atoms with Crippen LogP contribution in [-0.4, -0.2) is 20.1 Å². The van der Waals surface area contributed by atoms with Gasteiger partial charge in [-0.25, -0.2) is 0 Å². The Bertz CT molecular complexity index is 789. The number of nitro groups is 2. The van der Waals surface area contributed by atoms with Crippen molar-refractivity contribution in [3.8, 4) is 11.5 Å². The van der Waals surface area contributed by atoms with E-state index < -0.39 is 27.0 Å². The number of azo groups is 1. The molecule has 0 aromatic heterocycles. The smallest absolute Gasteiger partial charge is 0.303 e. The fraction of sp³-hybridized carbons (Fsp3) is 0. The van der Waals surface area contributed by atoms with E-state index in [9.17, 15) is 25.3 Å². The SMILES string of the molecule is O=[N+]([O-])c1ccc(N=Nc2ccc(O)c(O)c2)c([N+](=O)[O-])c1. The molecule has 0 aliphatic rings. The maximum Gasteiger partial charge on any atom is 0.303 e. The molecule has 0 fully saturated rings. The maximum atomic E-state index is 10.9. The van der Waals surface area contributed by atoms with Gasteiger partial charge < -0.3 is 10.2 Å². The lowest BCUT2D eigenvalue weighted by Gasteiger charge is -1.99. The van der Waals surface area contributed by atoms with Crippen LogP contribution >= 0.6 is 0 Å². The maximum absolute atomic E-state index is 10.9. The van der Waals surface area contributed by atoms with Crippen molar-refractivity contribution in [1.29, 1.82) is 0 Å². The standard InChI is InChI=1S/C12H8N4O6/c17-11-4-1-7(5-12(11)18)13-14-9-3-2-8(15(19)20)6-10(9)16(21)22/h1-6,17-18H. The van der Waals surface area contributed by atoms with E-state index in [1.807, 2.05) is 0 Å². The molecule has 22 heavy (non-hydrogen) atoms. The normalized spacial score (nSPS) is 10.7. The number of nitro benzene ring substituents is 2. The van der Waals surface area contributed by atoms with Gasteiger partial charge in [-0.05, 0) is 18.2 Å². The van der Waals surface area contributed by atoms with E-state index in [-0.39, 0.29) is 17.1 Å². The van der Waals surface area contributed by atoms with Gasteiger partial charge in [0.05, 0.1) is 21.6 Å². The van der Waals surface area contributed by atoms with Crippen LogP contribution in [-0.2, 0) is 0 Å². The summed E-state index contributed by atoms with van der Waals surface area (Å²) in [6, 6.07) is 6.55. The summed E-state index contributed by atoms with van der Waals surface area (Å²) in [5.74, 6) is -0.769. The van der Waals surface area contributed by atoms with Crippen LogP contribution < -0.4 is 0 Å². The number of rotatable bonds is 4. The number of nitrogens with zero attached hydrogens (tertiary/aromatic N) is 4. The van der Waals surface area contributed by atoms with Gasteiger partial charge in [0.15, 0.2) is 17.2 Å². The van der Waals surface area contributed by atoms with Crippen LogP contribution in [0.4, 0.5) is 22.7 Å². The number of phenolic OH excluding ortho intramolecular Hbond substituents is 2. The molecule has 0 saturated heterocycles. The van der Waals surface area contributed by atoms with Gasteiger partial charge in [0.25, 0.3) is 5.69 Å². The molecular weight excluding hydrogens is 296 g/mol. The Labute approximate surface area is 122 Å². The van der Waals surface area contributed by atoms with E-state index in [1.54, 1.807) is 0 Å². The van der Waals surface area contributed by atoms with Crippen molar-refractivity contribution in [2.75, 3.05) is 0 Å². The molecule has 112 valence electrons. The lowest BCUT2D eigenvalue weighted by molar-refractivity contribution is -0.393. The molecule has 0 aliphatic heterocycles. The van der Waals surface area contributed by atoms with Crippen LogP contribution in [0, 0.1) is 20.2 Å². The van der Waals surface area contributed by atoms with E-state index in [0.29, 0.717) is 0 Å². The van der Waals surface area contributed by atoms with Crippen molar-refractivity contribution in [1.82, 2.24) is 0 Å². The van der Waals surface area contributed by atoms with Crippen LogP contribution in [0.1, 0.15) is 0 Å². The predicted octanol–water partition coefficient (Wildman–Crippen LogP) is 3.33. The number of hydrogen-bond donors (Lipinski definition) is 2. The topological polar surface area (TPSA) is 151 Å². The fourth-order valence-electron chi connectivity index (χ4n) is 1.54. The highest BCUT2D eigenvalue weighted by Gasteiger charge is 2.19. The second-order valence-corrected chi connectivity index (χ2v) is 4.06. The summed E-state index contributed by atoms with van der Waals surface area (Å²) in [7, 11) is 0. The van der Waals surface area contributed by atoms with Crippen LogP contribution in [0.15, 0.2) is 46.6 Å². The Kier molecular flexibility index (Phi) is 3.93. The molecule has 0 unspecified atom stereocenters. The Morgan fingerprint density at radius 2 is 1.59 bits per heavy atom. The first-order valence-electron chi connectivity index (χ1n) is 5.75. The minimum absolute atomic E-state index is 0.142. The third-order valence-electron chi connectivity index (χ3n) is 2.60. The van der Waals surface area contributed by atoms with Crippen molar-refractivity contribution < 1.29 is 20.1 Å². The predicted molar refractivity (Wildman–Crippen MR) is 73.7 cm³/mol. The molecule has 0 aliphatic carbocycles. The number of non-ortho nitro benzene ring substituents is 1. The number of benzene rings is 2. The molecule has 2 rings (SSSR count). The lowest BCUT2D eigenvalue weighted by atomic mass is 10.2. The van der Waals surface area contributed by atoms with Crippen molar-refractivity contribution in [2.45, 2.75) is 0 Å². The van der Waals surface area contributed by atoms with E-state index in [2.05, 4.69) is 10.2 Å². The van der Waals surface area contributed by atoms with Gasteiger partial charge in [-0.2, -0.15) is 5.11 Å². The fourth-order valence-corrected chi connectivity index (χ4v) is 1.54. The Balaban J connectivity index is 2.39. The monoisotopic (exact) mass is 304 g/mol. The molecule has 0 radical (unpaired) electrons. The summed E-state index contributed by atoms with van der Waals surface area (Å²) >= 11 is 0. The van der Waals surface area contributed by atoms with E-state index in [1.165, 1.54) is 12.1 Å². The third-order valence-corrected chi connectivity index (χ3v) is 2.60. The Morgan fingerprint density at radius 1 is 0.864 bits per heavy atom. The summed E-state index contributed by atoms with van der Waals surface area (Å²) in [6.45, 7) is 0. The van der Waals surface area contributed by atoms with Gasteiger partial charge in [0.1, 0.15) is 0 Å². The van der Waals surface area contributed by atoms with E-state index >= 15 is 0 Å². The van der Waals surface area contributed by atoms with Crippen LogP contribution in [0.2, 0.25) is 0 Å². The molecule has 0 bridgehead atoms. The molecule has 0 heterocycles. The molecule has 10 heteroatoms. The number of phenols is 2. The summed E-state index contributed by atoms with van der Waals surface area (Å²) in [5, 5.41) is 47.3. The highest BCUT2D eigenvalue weighted by Crippen LogP contribution is 2.34. The van der Waals surface area contributed by atoms with Crippen LogP contribution in [0.25, 0.3) is 0 Å². The second-order valence-electron chi connectivity index (χ2n) is 4.06. The van der Waals surface area contributed by atoms with Crippen molar-refractivity contribution in [3.05, 3.63) is 56.6 Å². The third kappa shape index (κ3) is 3.12. The van der Waals surface area contributed by atoms with Crippen LogP contribution in [0.3, 0.4) is 0 Å². The zero-order valence-electron chi connectivity index (χ0n) is 10.8. The second kappa shape index (κ2) is 5.83. The van der Waals surface area contributed by atoms with E-state index in [4.69, 9.17) is 5.11 Å². The first-order chi connectivity index (χ1) is 10.4. The van der Waals surface area contributed by atoms with E-state index in [0.717, 1.165) is 24.3 Å². The van der Waals surface area contributed by atoms with Gasteiger partial charge in [-0.1, -0.05) is 0 Å². The molecule has 2 aromatic rings. The molecule has 2 N–H and O–H groups in total. The summed E-state index contributed by atoms with van der Waals surface area (Å²) in [5.41, 5.74) is -1.04. The summed E-state index contributed by atoms with van der Waals surface area (Å²) in [4.78, 5) is 20.0. The summed E-state index contributed by atoms with van der Waals surface area (Å²) < 4.78 is 0. The minimum Gasteiger partial charge on any atom is -0.504 e. The highest BCUT2D eigenvalue weighted by molar-refractivity contribution is 5.62. The Morgan fingerprint density at radius 3 is 2.18 bits per heavy atom. The largest absolute Gasteiger partial charge is 0.504 e. The minimum atomic E-state index is -0.810. The average molecular weight is 304 g/mol. The van der Waals surface area contributed by atoms with Crippen molar-refractivity contribution in [2.24, 2.45) is 10.2 Å². The van der Waals surface area contributed by atoms with Gasteiger partial charge in [0, 0.05) is 12.1 Å². The van der Waals surface area contributed by atoms with Crippen molar-refractivity contribution in [3.63, 3.8) is 0 Å². The first-order valence-corrected chi connectivity index (χ1v) is 5.75. The molecular formula is C12H8N4O6. The van der Waals surface area contributed by atoms with Crippen molar-refractivity contribution >= 4 is 22.7 Å². The average Bonchev–Trinajstić information content (AvgIpc) is 2.48. The van der Waals surface area contributed by atoms with Gasteiger partial charge in [-0.15, -0.1) is 5.11 Å². The van der Waals surface area contributed by atoms with Gasteiger partial charge >= 0.3 is 5.69 Å². The molecule has 0 spiro atoms. The molecule has 0 atom stereocenters.